The molecule has 33 heavy (non-hydrogen) atoms. The number of nitrogens with one attached hydrogen (secondary N) is 1. The average molecular weight is 473 g/mol. The topological polar surface area (TPSA) is 75.7 Å². The van der Waals surface area contributed by atoms with E-state index in [9.17, 15) is 13.2 Å². The summed E-state index contributed by atoms with van der Waals surface area (Å²) in [5.41, 5.74) is 3.97. The lowest BCUT2D eigenvalue weighted by Crippen LogP contribution is -2.41. The number of carbonyl (C=O) groups is 1. The van der Waals surface area contributed by atoms with Gasteiger partial charge in [-0.1, -0.05) is 52.0 Å². The molecule has 0 aromatic heterocycles. The van der Waals surface area contributed by atoms with Gasteiger partial charge >= 0.3 is 0 Å². The molecule has 0 aliphatic carbocycles. The van der Waals surface area contributed by atoms with Gasteiger partial charge in [-0.05, 0) is 60.4 Å². The Morgan fingerprint density at radius 1 is 1.06 bits per heavy atom. The Morgan fingerprint density at radius 2 is 1.73 bits per heavy atom. The van der Waals surface area contributed by atoms with E-state index in [1.54, 1.807) is 12.1 Å². The zero-order valence-corrected chi connectivity index (χ0v) is 21.3. The van der Waals surface area contributed by atoms with Gasteiger partial charge in [0.1, 0.15) is 10.6 Å². The second kappa shape index (κ2) is 10.3. The molecule has 1 N–H and O–H groups in total. The van der Waals surface area contributed by atoms with E-state index in [2.05, 4.69) is 19.2 Å². The fourth-order valence-corrected chi connectivity index (χ4v) is 5.98. The number of piperidine rings is 1. The highest BCUT2D eigenvalue weighted by molar-refractivity contribution is 7.89. The van der Waals surface area contributed by atoms with Crippen molar-refractivity contribution in [1.29, 1.82) is 0 Å². The number of anilines is 1. The van der Waals surface area contributed by atoms with Crippen molar-refractivity contribution in [3.8, 4) is 5.75 Å². The minimum absolute atomic E-state index is 0.0392. The van der Waals surface area contributed by atoms with Gasteiger partial charge in [0.15, 0.2) is 0 Å². The van der Waals surface area contributed by atoms with Crippen LogP contribution in [-0.4, -0.2) is 38.8 Å². The van der Waals surface area contributed by atoms with Gasteiger partial charge in [-0.2, -0.15) is 4.31 Å². The van der Waals surface area contributed by atoms with Gasteiger partial charge in [-0.25, -0.2) is 8.42 Å². The molecule has 180 valence electrons. The van der Waals surface area contributed by atoms with Crippen LogP contribution in [0.3, 0.4) is 0 Å². The molecule has 2 aromatic rings. The lowest BCUT2D eigenvalue weighted by molar-refractivity contribution is -0.120. The molecule has 0 saturated carbocycles. The van der Waals surface area contributed by atoms with Gasteiger partial charge in [0.05, 0.1) is 7.11 Å². The van der Waals surface area contributed by atoms with E-state index in [0.29, 0.717) is 37.6 Å². The molecule has 0 radical (unpaired) electrons. The van der Waals surface area contributed by atoms with Crippen LogP contribution in [0.1, 0.15) is 69.1 Å². The van der Waals surface area contributed by atoms with Crippen molar-refractivity contribution in [1.82, 2.24) is 4.31 Å². The van der Waals surface area contributed by atoms with Crippen LogP contribution in [0, 0.1) is 12.8 Å². The Labute approximate surface area is 198 Å². The Hall–Kier alpha value is -2.38. The summed E-state index contributed by atoms with van der Waals surface area (Å²) in [7, 11) is -2.23. The first-order chi connectivity index (χ1) is 15.6. The van der Waals surface area contributed by atoms with Crippen LogP contribution >= 0.6 is 0 Å². The first-order valence-electron chi connectivity index (χ1n) is 11.6. The van der Waals surface area contributed by atoms with E-state index in [1.807, 2.05) is 45.0 Å². The Kier molecular flexibility index (Phi) is 7.85. The third-order valence-electron chi connectivity index (χ3n) is 6.47. The molecular weight excluding hydrogens is 436 g/mol. The molecule has 3 rings (SSSR count). The SMILES string of the molecule is COc1ccc(C(C)C)cc1S(=O)(=O)N1CCC(C(=O)Nc2c(C)cccc2C(C)C)CC1. The zero-order chi connectivity index (χ0) is 24.3. The molecular formula is C26H36N2O4S. The highest BCUT2D eigenvalue weighted by atomic mass is 32.2. The van der Waals surface area contributed by atoms with E-state index in [1.165, 1.54) is 11.4 Å². The molecule has 1 fully saturated rings. The van der Waals surface area contributed by atoms with E-state index >= 15 is 0 Å². The van der Waals surface area contributed by atoms with Gasteiger partial charge in [0, 0.05) is 24.7 Å². The van der Waals surface area contributed by atoms with Gasteiger partial charge in [-0.15, -0.1) is 0 Å². The van der Waals surface area contributed by atoms with E-state index in [-0.39, 0.29) is 22.6 Å². The number of aryl methyl sites for hydroxylation is 1. The van der Waals surface area contributed by atoms with Crippen LogP contribution in [0.25, 0.3) is 0 Å². The first-order valence-corrected chi connectivity index (χ1v) is 13.1. The third-order valence-corrected chi connectivity index (χ3v) is 8.39. The van der Waals surface area contributed by atoms with Crippen LogP contribution in [0.2, 0.25) is 0 Å². The number of carbonyl (C=O) groups excluding carboxylic acids is 1. The summed E-state index contributed by atoms with van der Waals surface area (Å²) in [6, 6.07) is 11.4. The van der Waals surface area contributed by atoms with Crippen LogP contribution in [0.4, 0.5) is 5.69 Å². The number of sulfonamides is 1. The molecule has 1 aliphatic heterocycles. The molecule has 6 nitrogen and oxygen atoms in total. The number of para-hydroxylation sites is 1. The molecule has 1 aliphatic rings. The lowest BCUT2D eigenvalue weighted by Gasteiger charge is -2.31. The van der Waals surface area contributed by atoms with Gasteiger partial charge in [0.25, 0.3) is 0 Å². The summed E-state index contributed by atoms with van der Waals surface area (Å²) >= 11 is 0. The maximum absolute atomic E-state index is 13.4. The number of amides is 1. The van der Waals surface area contributed by atoms with Gasteiger partial charge in [-0.3, -0.25) is 4.79 Å². The number of benzene rings is 2. The predicted molar refractivity (Wildman–Crippen MR) is 132 cm³/mol. The number of nitrogens with zero attached hydrogens (tertiary/aromatic N) is 1. The van der Waals surface area contributed by atoms with Crippen LogP contribution in [0.15, 0.2) is 41.3 Å². The number of ether oxygens (including phenoxy) is 1. The monoisotopic (exact) mass is 472 g/mol. The van der Waals surface area contributed by atoms with Crippen molar-refractivity contribution in [2.24, 2.45) is 5.92 Å². The number of methoxy groups -OCH3 is 1. The quantitative estimate of drug-likeness (QED) is 0.594. The molecule has 1 heterocycles. The summed E-state index contributed by atoms with van der Waals surface area (Å²) in [6.07, 6.45) is 0.973. The summed E-state index contributed by atoms with van der Waals surface area (Å²) in [6.45, 7) is 10.9. The van der Waals surface area contributed by atoms with Crippen LogP contribution in [-0.2, 0) is 14.8 Å². The highest BCUT2D eigenvalue weighted by Gasteiger charge is 2.34. The molecule has 0 unspecified atom stereocenters. The maximum atomic E-state index is 13.4. The molecule has 0 atom stereocenters. The second-order valence-electron chi connectivity index (χ2n) is 9.43. The summed E-state index contributed by atoms with van der Waals surface area (Å²) in [5.74, 6) is 0.586. The molecule has 1 saturated heterocycles. The summed E-state index contributed by atoms with van der Waals surface area (Å²) in [5, 5.41) is 3.13. The number of hydrogen-bond acceptors (Lipinski definition) is 4. The van der Waals surface area contributed by atoms with Crippen molar-refractivity contribution in [3.63, 3.8) is 0 Å². The van der Waals surface area contributed by atoms with Crippen molar-refractivity contribution in [2.75, 3.05) is 25.5 Å². The average Bonchev–Trinajstić information content (AvgIpc) is 2.79. The highest BCUT2D eigenvalue weighted by Crippen LogP contribution is 2.33. The number of rotatable bonds is 7. The van der Waals surface area contributed by atoms with E-state index in [0.717, 1.165) is 22.4 Å². The standard InChI is InChI=1S/C26H36N2O4S/c1-17(2)21-10-11-23(32-6)24(16-21)33(30,31)28-14-12-20(13-15-28)26(29)27-25-19(5)8-7-9-22(25)18(3)4/h7-11,16-18,20H,12-15H2,1-6H3,(H,27,29). The Morgan fingerprint density at radius 3 is 2.30 bits per heavy atom. The van der Waals surface area contributed by atoms with E-state index < -0.39 is 10.0 Å². The first kappa shape index (κ1) is 25.2. The largest absolute Gasteiger partial charge is 0.495 e. The molecule has 2 aromatic carbocycles. The Balaban J connectivity index is 1.74. The third kappa shape index (κ3) is 5.41. The summed E-state index contributed by atoms with van der Waals surface area (Å²) < 4.78 is 33.7. The zero-order valence-electron chi connectivity index (χ0n) is 20.5. The van der Waals surface area contributed by atoms with Crippen molar-refractivity contribution < 1.29 is 17.9 Å². The van der Waals surface area contributed by atoms with Crippen LogP contribution < -0.4 is 10.1 Å². The fraction of sp³-hybridized carbons (Fsp3) is 0.500. The van der Waals surface area contributed by atoms with Crippen molar-refractivity contribution in [3.05, 3.63) is 53.1 Å². The smallest absolute Gasteiger partial charge is 0.246 e. The summed E-state index contributed by atoms with van der Waals surface area (Å²) in [4.78, 5) is 13.2. The Bertz CT molecular complexity index is 1100. The normalized spacial score (nSPS) is 15.8. The van der Waals surface area contributed by atoms with Gasteiger partial charge in [0.2, 0.25) is 15.9 Å². The maximum Gasteiger partial charge on any atom is 0.246 e. The van der Waals surface area contributed by atoms with E-state index in [4.69, 9.17) is 4.74 Å². The minimum Gasteiger partial charge on any atom is -0.495 e. The fourth-order valence-electron chi connectivity index (χ4n) is 4.32. The predicted octanol–water partition coefficient (Wildman–Crippen LogP) is 5.29. The molecule has 0 spiro atoms. The van der Waals surface area contributed by atoms with Crippen molar-refractivity contribution >= 4 is 21.6 Å². The molecule has 0 bridgehead atoms. The second-order valence-corrected chi connectivity index (χ2v) is 11.3. The van der Waals surface area contributed by atoms with Gasteiger partial charge < -0.3 is 10.1 Å². The molecule has 1 amide bonds. The number of hydrogen-bond donors (Lipinski definition) is 1. The van der Waals surface area contributed by atoms with Crippen molar-refractivity contribution in [2.45, 2.75) is 64.2 Å². The lowest BCUT2D eigenvalue weighted by atomic mass is 9.95. The van der Waals surface area contributed by atoms with Crippen LogP contribution in [0.5, 0.6) is 5.75 Å². The molecule has 7 heteroatoms. The minimum atomic E-state index is -3.72.